The van der Waals surface area contributed by atoms with Crippen LogP contribution in [0.5, 0.6) is 0 Å². The lowest BCUT2D eigenvalue weighted by Gasteiger charge is -2.12. The van der Waals surface area contributed by atoms with Crippen LogP contribution in [0.25, 0.3) is 0 Å². The van der Waals surface area contributed by atoms with Gasteiger partial charge in [-0.1, -0.05) is 12.1 Å². The van der Waals surface area contributed by atoms with Gasteiger partial charge in [-0.15, -0.1) is 0 Å². The zero-order valence-corrected chi connectivity index (χ0v) is 10.4. The summed E-state index contributed by atoms with van der Waals surface area (Å²) in [4.78, 5) is 4.00. The molecule has 1 aromatic carbocycles. The second kappa shape index (κ2) is 5.05. The summed E-state index contributed by atoms with van der Waals surface area (Å²) in [5.74, 6) is 0. The van der Waals surface area contributed by atoms with Crippen LogP contribution < -0.4 is 5.73 Å². The Kier molecular flexibility index (Phi) is 3.61. The van der Waals surface area contributed by atoms with Crippen LogP contribution >= 0.6 is 0 Å². The number of imidazole rings is 1. The lowest BCUT2D eigenvalue weighted by molar-refractivity contribution is -0.137. The summed E-state index contributed by atoms with van der Waals surface area (Å²) in [6.45, 7) is 2.29. The molecule has 0 amide bonds. The van der Waals surface area contributed by atoms with Crippen molar-refractivity contribution in [1.29, 1.82) is 0 Å². The molecule has 0 saturated heterocycles. The molecule has 0 bridgehead atoms. The SMILES string of the molecule is CC(N)c1cncn1Cc1ccc(C(F)(F)F)cc1. The van der Waals surface area contributed by atoms with Crippen LogP contribution in [0.4, 0.5) is 13.2 Å². The van der Waals surface area contributed by atoms with Crippen LogP contribution in [0.1, 0.15) is 29.8 Å². The Balaban J connectivity index is 2.18. The van der Waals surface area contributed by atoms with E-state index in [4.69, 9.17) is 5.73 Å². The number of aromatic nitrogens is 2. The Morgan fingerprint density at radius 2 is 1.89 bits per heavy atom. The molecule has 1 unspecified atom stereocenters. The molecule has 1 heterocycles. The van der Waals surface area contributed by atoms with Gasteiger partial charge in [-0.2, -0.15) is 13.2 Å². The van der Waals surface area contributed by atoms with Crippen molar-refractivity contribution in [2.45, 2.75) is 25.7 Å². The van der Waals surface area contributed by atoms with Gasteiger partial charge in [0.15, 0.2) is 0 Å². The summed E-state index contributed by atoms with van der Waals surface area (Å²) in [7, 11) is 0. The number of rotatable bonds is 3. The van der Waals surface area contributed by atoms with Gasteiger partial charge in [0, 0.05) is 18.8 Å². The molecule has 0 aliphatic carbocycles. The molecule has 2 N–H and O–H groups in total. The third-order valence-electron chi connectivity index (χ3n) is 2.85. The second-order valence-electron chi connectivity index (χ2n) is 4.43. The van der Waals surface area contributed by atoms with E-state index in [1.807, 2.05) is 11.5 Å². The molecular formula is C13H14F3N3. The third-order valence-corrected chi connectivity index (χ3v) is 2.85. The van der Waals surface area contributed by atoms with E-state index < -0.39 is 11.7 Å². The Bertz CT molecular complexity index is 541. The number of hydrogen-bond donors (Lipinski definition) is 1. The molecular weight excluding hydrogens is 255 g/mol. The highest BCUT2D eigenvalue weighted by Crippen LogP contribution is 2.29. The van der Waals surface area contributed by atoms with Gasteiger partial charge in [0.2, 0.25) is 0 Å². The normalized spacial score (nSPS) is 13.5. The van der Waals surface area contributed by atoms with E-state index in [9.17, 15) is 13.2 Å². The largest absolute Gasteiger partial charge is 0.416 e. The van der Waals surface area contributed by atoms with Crippen molar-refractivity contribution in [3.63, 3.8) is 0 Å². The van der Waals surface area contributed by atoms with Gasteiger partial charge >= 0.3 is 6.18 Å². The highest BCUT2D eigenvalue weighted by atomic mass is 19.4. The van der Waals surface area contributed by atoms with Gasteiger partial charge in [0.25, 0.3) is 0 Å². The van der Waals surface area contributed by atoms with Gasteiger partial charge in [-0.3, -0.25) is 0 Å². The number of nitrogens with zero attached hydrogens (tertiary/aromatic N) is 2. The van der Waals surface area contributed by atoms with E-state index in [-0.39, 0.29) is 6.04 Å². The smallest absolute Gasteiger partial charge is 0.329 e. The minimum atomic E-state index is -4.30. The third kappa shape index (κ3) is 3.14. The fourth-order valence-corrected chi connectivity index (χ4v) is 1.84. The molecule has 2 rings (SSSR count). The summed E-state index contributed by atoms with van der Waals surface area (Å²) in [5.41, 5.74) is 6.76. The average Bonchev–Trinajstić information content (AvgIpc) is 2.77. The minimum Gasteiger partial charge on any atom is -0.329 e. The molecule has 2 aromatic rings. The van der Waals surface area contributed by atoms with Gasteiger partial charge in [-0.25, -0.2) is 4.98 Å². The lowest BCUT2D eigenvalue weighted by Crippen LogP contribution is -2.12. The predicted octanol–water partition coefficient (Wildman–Crippen LogP) is 2.97. The summed E-state index contributed by atoms with van der Waals surface area (Å²) in [6, 6.07) is 4.92. The average molecular weight is 269 g/mol. The first-order chi connectivity index (χ1) is 8.88. The maximum Gasteiger partial charge on any atom is 0.416 e. The Labute approximate surface area is 108 Å². The standard InChI is InChI=1S/C13H14F3N3/c1-9(17)12-6-18-8-19(12)7-10-2-4-11(5-3-10)13(14,15)16/h2-6,8-9H,7,17H2,1H3. The van der Waals surface area contributed by atoms with Crippen LogP contribution in [0.3, 0.4) is 0 Å². The summed E-state index contributed by atoms with van der Waals surface area (Å²) in [6.07, 6.45) is -1.02. The molecule has 6 heteroatoms. The van der Waals surface area contributed by atoms with Crippen molar-refractivity contribution in [1.82, 2.24) is 9.55 Å². The van der Waals surface area contributed by atoms with Crippen molar-refractivity contribution in [3.05, 3.63) is 53.6 Å². The number of hydrogen-bond acceptors (Lipinski definition) is 2. The van der Waals surface area contributed by atoms with E-state index in [0.717, 1.165) is 23.4 Å². The summed E-state index contributed by atoms with van der Waals surface area (Å²) >= 11 is 0. The number of nitrogens with two attached hydrogens (primary N) is 1. The fraction of sp³-hybridized carbons (Fsp3) is 0.308. The minimum absolute atomic E-state index is 0.169. The zero-order valence-electron chi connectivity index (χ0n) is 10.4. The Hall–Kier alpha value is -1.82. The molecule has 0 radical (unpaired) electrons. The fourth-order valence-electron chi connectivity index (χ4n) is 1.84. The highest BCUT2D eigenvalue weighted by molar-refractivity contribution is 5.25. The molecule has 19 heavy (non-hydrogen) atoms. The van der Waals surface area contributed by atoms with E-state index in [1.165, 1.54) is 12.1 Å². The first-order valence-corrected chi connectivity index (χ1v) is 5.79. The van der Waals surface area contributed by atoms with E-state index in [2.05, 4.69) is 4.98 Å². The molecule has 3 nitrogen and oxygen atoms in total. The molecule has 1 aromatic heterocycles. The summed E-state index contributed by atoms with van der Waals surface area (Å²) in [5, 5.41) is 0. The van der Waals surface area contributed by atoms with E-state index in [0.29, 0.717) is 6.54 Å². The molecule has 102 valence electrons. The molecule has 0 aliphatic rings. The maximum atomic E-state index is 12.4. The second-order valence-corrected chi connectivity index (χ2v) is 4.43. The zero-order chi connectivity index (χ0) is 14.0. The van der Waals surface area contributed by atoms with Crippen LogP contribution in [0, 0.1) is 0 Å². The van der Waals surface area contributed by atoms with Crippen LogP contribution in [0.15, 0.2) is 36.8 Å². The van der Waals surface area contributed by atoms with Gasteiger partial charge < -0.3 is 10.3 Å². The highest BCUT2D eigenvalue weighted by Gasteiger charge is 2.29. The van der Waals surface area contributed by atoms with Crippen LogP contribution in [0.2, 0.25) is 0 Å². The van der Waals surface area contributed by atoms with Crippen molar-refractivity contribution in [3.8, 4) is 0 Å². The Morgan fingerprint density at radius 3 is 2.42 bits per heavy atom. The van der Waals surface area contributed by atoms with E-state index in [1.54, 1.807) is 12.5 Å². The number of benzene rings is 1. The predicted molar refractivity (Wildman–Crippen MR) is 65.4 cm³/mol. The van der Waals surface area contributed by atoms with Crippen molar-refractivity contribution in [2.75, 3.05) is 0 Å². The van der Waals surface area contributed by atoms with E-state index >= 15 is 0 Å². The van der Waals surface area contributed by atoms with Crippen LogP contribution in [-0.2, 0) is 12.7 Å². The van der Waals surface area contributed by atoms with Crippen molar-refractivity contribution < 1.29 is 13.2 Å². The van der Waals surface area contributed by atoms with Gasteiger partial charge in [0.1, 0.15) is 0 Å². The molecule has 0 spiro atoms. The Morgan fingerprint density at radius 1 is 1.26 bits per heavy atom. The van der Waals surface area contributed by atoms with Crippen molar-refractivity contribution >= 4 is 0 Å². The van der Waals surface area contributed by atoms with Gasteiger partial charge in [-0.05, 0) is 24.6 Å². The molecule has 0 saturated carbocycles. The summed E-state index contributed by atoms with van der Waals surface area (Å²) < 4.78 is 39.1. The lowest BCUT2D eigenvalue weighted by atomic mass is 10.1. The molecule has 0 fully saturated rings. The van der Waals surface area contributed by atoms with Crippen LogP contribution in [-0.4, -0.2) is 9.55 Å². The quantitative estimate of drug-likeness (QED) is 0.931. The first-order valence-electron chi connectivity index (χ1n) is 5.79. The topological polar surface area (TPSA) is 43.8 Å². The van der Waals surface area contributed by atoms with Crippen molar-refractivity contribution in [2.24, 2.45) is 5.73 Å². The number of alkyl halides is 3. The number of halogens is 3. The molecule has 1 atom stereocenters. The maximum absolute atomic E-state index is 12.4. The first kappa shape index (κ1) is 13.6. The monoisotopic (exact) mass is 269 g/mol. The molecule has 0 aliphatic heterocycles. The van der Waals surface area contributed by atoms with Gasteiger partial charge in [0.05, 0.1) is 17.6 Å².